The van der Waals surface area contributed by atoms with E-state index in [0.29, 0.717) is 0 Å². The Balaban J connectivity index is 2.21. The van der Waals surface area contributed by atoms with Gasteiger partial charge >= 0.3 is 24.0 Å². The van der Waals surface area contributed by atoms with E-state index in [4.69, 9.17) is 14.2 Å². The molecule has 0 spiro atoms. The molecule has 51 heavy (non-hydrogen) atoms. The molecule has 0 aromatic heterocycles. The summed E-state index contributed by atoms with van der Waals surface area (Å²) in [7, 11) is 0. The van der Waals surface area contributed by atoms with Crippen molar-refractivity contribution < 1.29 is 43.3 Å². The van der Waals surface area contributed by atoms with Gasteiger partial charge in [-0.1, -0.05) is 99.7 Å². The summed E-state index contributed by atoms with van der Waals surface area (Å²) in [5.41, 5.74) is -0.203. The summed E-state index contributed by atoms with van der Waals surface area (Å²) in [5.74, 6) is -3.59. The van der Waals surface area contributed by atoms with Gasteiger partial charge < -0.3 is 30.0 Å². The predicted molar refractivity (Wildman–Crippen MR) is 195 cm³/mol. The third kappa shape index (κ3) is 16.6. The van der Waals surface area contributed by atoms with Crippen molar-refractivity contribution in [1.29, 1.82) is 0 Å². The Labute approximate surface area is 301 Å². The van der Waals surface area contributed by atoms with Crippen LogP contribution in [0.1, 0.15) is 79.4 Å². The second-order valence-electron chi connectivity index (χ2n) is 14.6. The molecule has 0 saturated heterocycles. The summed E-state index contributed by atoms with van der Waals surface area (Å²) in [6.07, 6.45) is 4.27. The van der Waals surface area contributed by atoms with Crippen LogP contribution in [0.2, 0.25) is 0 Å². The molecule has 11 nitrogen and oxygen atoms in total. The first-order valence-electron chi connectivity index (χ1n) is 17.2. The number of hydrogen-bond donors (Lipinski definition) is 3. The van der Waals surface area contributed by atoms with Crippen molar-refractivity contribution >= 4 is 36.0 Å². The number of ether oxygens (including phenoxy) is 3. The van der Waals surface area contributed by atoms with E-state index in [-0.39, 0.29) is 37.6 Å². The fourth-order valence-electron chi connectivity index (χ4n) is 4.71. The lowest BCUT2D eigenvalue weighted by molar-refractivity contribution is -0.178. The predicted octanol–water partition coefficient (Wildman–Crippen LogP) is 6.51. The van der Waals surface area contributed by atoms with E-state index >= 15 is 0 Å². The van der Waals surface area contributed by atoms with Crippen molar-refractivity contribution in [2.24, 2.45) is 17.3 Å². The van der Waals surface area contributed by atoms with Crippen LogP contribution in [0.5, 0.6) is 0 Å². The molecule has 3 N–H and O–H groups in total. The number of esters is 2. The van der Waals surface area contributed by atoms with E-state index in [2.05, 4.69) is 10.6 Å². The molecule has 0 aliphatic carbocycles. The second-order valence-corrected chi connectivity index (χ2v) is 14.6. The highest BCUT2D eigenvalue weighted by molar-refractivity contribution is 5.91. The van der Waals surface area contributed by atoms with Crippen LogP contribution in [0.25, 0.3) is 6.08 Å². The molecule has 4 atom stereocenters. The molecule has 0 aliphatic heterocycles. The van der Waals surface area contributed by atoms with Crippen molar-refractivity contribution in [3.63, 3.8) is 0 Å². The molecule has 0 aliphatic rings. The molecule has 0 bridgehead atoms. The Hall–Kier alpha value is -4.93. The zero-order chi connectivity index (χ0) is 38.2. The lowest BCUT2D eigenvalue weighted by Gasteiger charge is -2.29. The maximum atomic E-state index is 13.7. The smallest absolute Gasteiger partial charge is 0.407 e. The average molecular weight is 707 g/mol. The number of carbonyl (C=O) groups is 5. The largest absolute Gasteiger partial charge is 0.480 e. The van der Waals surface area contributed by atoms with Gasteiger partial charge in [0.15, 0.2) is 6.10 Å². The molecule has 0 fully saturated rings. The van der Waals surface area contributed by atoms with Crippen LogP contribution >= 0.6 is 0 Å². The molecule has 2 aromatic carbocycles. The number of alkyl carbamates (subject to hydrolysis) is 1. The summed E-state index contributed by atoms with van der Waals surface area (Å²) < 4.78 is 17.0. The molecule has 278 valence electrons. The zero-order valence-electron chi connectivity index (χ0n) is 31.0. The Kier molecular flexibility index (Phi) is 16.6. The lowest BCUT2D eigenvalue weighted by Crippen LogP contribution is -2.44. The molecule has 0 saturated carbocycles. The molecular weight excluding hydrogens is 652 g/mol. The number of hydrogen-bond acceptors (Lipinski definition) is 8. The highest BCUT2D eigenvalue weighted by Gasteiger charge is 2.36. The minimum atomic E-state index is -1.23. The van der Waals surface area contributed by atoms with Crippen LogP contribution in [0, 0.1) is 17.3 Å². The van der Waals surface area contributed by atoms with E-state index in [1.54, 1.807) is 58.9 Å². The third-order valence-electron chi connectivity index (χ3n) is 7.60. The van der Waals surface area contributed by atoms with Gasteiger partial charge in [-0.2, -0.15) is 0 Å². The molecule has 0 radical (unpaired) electrons. The van der Waals surface area contributed by atoms with Crippen LogP contribution in [0.15, 0.2) is 78.9 Å². The maximum absolute atomic E-state index is 13.7. The van der Waals surface area contributed by atoms with Crippen LogP contribution in [-0.2, 0) is 39.8 Å². The summed E-state index contributed by atoms with van der Waals surface area (Å²) in [6, 6.07) is 17.4. The van der Waals surface area contributed by atoms with Crippen LogP contribution in [-0.4, -0.2) is 65.4 Å². The number of carbonyl (C=O) groups excluding carboxylic acids is 4. The van der Waals surface area contributed by atoms with Crippen LogP contribution in [0.4, 0.5) is 4.79 Å². The summed E-state index contributed by atoms with van der Waals surface area (Å²) in [4.78, 5) is 63.8. The van der Waals surface area contributed by atoms with Gasteiger partial charge in [-0.05, 0) is 64.2 Å². The van der Waals surface area contributed by atoms with Gasteiger partial charge in [0.2, 0.25) is 5.91 Å². The number of rotatable bonds is 18. The highest BCUT2D eigenvalue weighted by Crippen LogP contribution is 2.23. The number of benzene rings is 2. The molecule has 2 amide bonds. The third-order valence-corrected chi connectivity index (χ3v) is 7.60. The van der Waals surface area contributed by atoms with Crippen molar-refractivity contribution in [1.82, 2.24) is 10.6 Å². The second kappa shape index (κ2) is 20.1. The van der Waals surface area contributed by atoms with Gasteiger partial charge in [0, 0.05) is 25.3 Å². The molecule has 2 aromatic rings. The molecule has 2 rings (SSSR count). The minimum Gasteiger partial charge on any atom is -0.480 e. The van der Waals surface area contributed by atoms with Crippen LogP contribution < -0.4 is 10.6 Å². The van der Waals surface area contributed by atoms with Gasteiger partial charge in [0.05, 0.1) is 5.41 Å². The van der Waals surface area contributed by atoms with Crippen molar-refractivity contribution in [2.45, 2.75) is 98.5 Å². The number of aliphatic carboxylic acids is 1. The number of carboxylic acids is 1. The summed E-state index contributed by atoms with van der Waals surface area (Å²) in [5, 5.41) is 14.8. The van der Waals surface area contributed by atoms with Gasteiger partial charge in [-0.15, -0.1) is 0 Å². The van der Waals surface area contributed by atoms with E-state index in [9.17, 15) is 29.1 Å². The maximum Gasteiger partial charge on any atom is 0.407 e. The van der Waals surface area contributed by atoms with E-state index < -0.39 is 59.2 Å². The van der Waals surface area contributed by atoms with Crippen molar-refractivity contribution in [2.75, 3.05) is 6.54 Å². The summed E-state index contributed by atoms with van der Waals surface area (Å²) >= 11 is 0. The van der Waals surface area contributed by atoms with E-state index in [1.807, 2.05) is 69.3 Å². The molecule has 0 heterocycles. The zero-order valence-corrected chi connectivity index (χ0v) is 31.0. The average Bonchev–Trinajstić information content (AvgIpc) is 3.05. The molecule has 11 heteroatoms. The SMILES string of the molecule is CC(C)C[C@H](OC(=O)C(C)(C)CNC(=O)OC(C)(C)C)C(=O)O[C@@H](C/C=C/C(=O)N[C@H](Cc1ccccc1)C(=O)O)[C@H](C)/C=C/c1ccccc1. The van der Waals surface area contributed by atoms with Crippen molar-refractivity contribution in [3.8, 4) is 0 Å². The first kappa shape index (κ1) is 42.2. The lowest BCUT2D eigenvalue weighted by atomic mass is 9.93. The number of carboxylic acid groups (broad SMARTS) is 1. The first-order chi connectivity index (χ1) is 23.9. The highest BCUT2D eigenvalue weighted by atomic mass is 16.6. The quantitative estimate of drug-likeness (QED) is 0.0893. The van der Waals surface area contributed by atoms with E-state index in [0.717, 1.165) is 11.1 Å². The Morgan fingerprint density at radius 3 is 2.04 bits per heavy atom. The van der Waals surface area contributed by atoms with Crippen LogP contribution in [0.3, 0.4) is 0 Å². The standard InChI is InChI=1S/C40H54N2O9/c1-27(2)24-33(50-37(47)40(7,8)26-41-38(48)51-39(4,5)6)36(46)49-32(28(3)22-23-29-16-11-9-12-17-29)20-15-21-34(43)42-31(35(44)45)25-30-18-13-10-14-19-30/h9-19,21-23,27-28,31-33H,20,24-26H2,1-8H3,(H,41,48)(H,42,43)(H,44,45)/b21-15+,23-22+/t28-,31-,32+,33+/m1/s1. The Morgan fingerprint density at radius 2 is 1.47 bits per heavy atom. The number of amides is 2. The van der Waals surface area contributed by atoms with Gasteiger partial charge in [-0.25, -0.2) is 14.4 Å². The first-order valence-corrected chi connectivity index (χ1v) is 17.2. The fraction of sp³-hybridized carbons (Fsp3) is 0.475. The number of nitrogens with one attached hydrogen (secondary N) is 2. The molecular formula is C40H54N2O9. The monoisotopic (exact) mass is 706 g/mol. The van der Waals surface area contributed by atoms with E-state index in [1.165, 1.54) is 12.2 Å². The van der Waals surface area contributed by atoms with Gasteiger partial charge in [0.1, 0.15) is 17.7 Å². The topological polar surface area (TPSA) is 157 Å². The minimum absolute atomic E-state index is 0.0335. The Bertz CT molecular complexity index is 1490. The summed E-state index contributed by atoms with van der Waals surface area (Å²) in [6.45, 7) is 13.9. The van der Waals surface area contributed by atoms with Gasteiger partial charge in [-0.3, -0.25) is 9.59 Å². The fourth-order valence-corrected chi connectivity index (χ4v) is 4.71. The Morgan fingerprint density at radius 1 is 0.863 bits per heavy atom. The van der Waals surface area contributed by atoms with Crippen molar-refractivity contribution in [3.05, 3.63) is 90.0 Å². The normalized spacial score (nSPS) is 14.4. The molecule has 0 unspecified atom stereocenters. The van der Waals surface area contributed by atoms with Gasteiger partial charge in [0.25, 0.3) is 0 Å².